The predicted molar refractivity (Wildman–Crippen MR) is 120 cm³/mol. The quantitative estimate of drug-likeness (QED) is 0.458. The molecular weight excluding hydrogens is 374 g/mol. The second-order valence-corrected chi connectivity index (χ2v) is 8.29. The van der Waals surface area contributed by atoms with Gasteiger partial charge >= 0.3 is 0 Å². The van der Waals surface area contributed by atoms with Crippen molar-refractivity contribution < 1.29 is 0 Å². The van der Waals surface area contributed by atoms with Gasteiger partial charge in [-0.3, -0.25) is 9.67 Å². The lowest BCUT2D eigenvalue weighted by Gasteiger charge is -2.09. The van der Waals surface area contributed by atoms with E-state index >= 15 is 0 Å². The lowest BCUT2D eigenvalue weighted by molar-refractivity contribution is 0.487. The number of nitrogens with one attached hydrogen (secondary N) is 1. The molecule has 154 valence electrons. The van der Waals surface area contributed by atoms with E-state index in [1.165, 1.54) is 0 Å². The summed E-state index contributed by atoms with van der Waals surface area (Å²) in [5, 5.41) is 16.0. The number of hydrogen-bond donors (Lipinski definition) is 1. The zero-order valence-electron chi connectivity index (χ0n) is 17.9. The summed E-state index contributed by atoms with van der Waals surface area (Å²) < 4.78 is 1.99. The molecule has 0 radical (unpaired) electrons. The highest BCUT2D eigenvalue weighted by molar-refractivity contribution is 5.81. The van der Waals surface area contributed by atoms with Crippen molar-refractivity contribution in [2.45, 2.75) is 46.6 Å². The van der Waals surface area contributed by atoms with E-state index in [0.29, 0.717) is 23.5 Å². The minimum Gasteiger partial charge on any atom is -0.323 e. The number of aryl methyl sites for hydroxylation is 1. The van der Waals surface area contributed by atoms with Crippen LogP contribution in [0.5, 0.6) is 0 Å². The number of nitrogens with zero attached hydrogens (tertiary/aromatic N) is 6. The van der Waals surface area contributed by atoms with Gasteiger partial charge in [-0.05, 0) is 48.1 Å². The molecule has 4 heterocycles. The molecule has 1 N–H and O–H groups in total. The summed E-state index contributed by atoms with van der Waals surface area (Å²) in [5.74, 6) is 2.44. The van der Waals surface area contributed by atoms with Crippen LogP contribution in [0.1, 0.15) is 45.6 Å². The van der Waals surface area contributed by atoms with Crippen LogP contribution in [0.4, 0.5) is 11.6 Å². The van der Waals surface area contributed by atoms with Gasteiger partial charge in [-0.1, -0.05) is 27.7 Å². The Morgan fingerprint density at radius 2 is 1.80 bits per heavy atom. The normalized spacial score (nSPS) is 11.5. The second kappa shape index (κ2) is 8.57. The number of hydrogen-bond acceptors (Lipinski definition) is 6. The zero-order valence-corrected chi connectivity index (χ0v) is 17.9. The van der Waals surface area contributed by atoms with Crippen molar-refractivity contribution in [2.24, 2.45) is 5.92 Å². The van der Waals surface area contributed by atoms with Crippen LogP contribution >= 0.6 is 0 Å². The molecule has 0 aliphatic heterocycles. The lowest BCUT2D eigenvalue weighted by atomic mass is 10.1. The Labute approximate surface area is 176 Å². The highest BCUT2D eigenvalue weighted by Crippen LogP contribution is 2.24. The minimum atomic E-state index is 0.388. The van der Waals surface area contributed by atoms with Crippen molar-refractivity contribution in [3.05, 3.63) is 54.6 Å². The number of fused-ring (bicyclic) bond motifs is 1. The molecule has 0 aliphatic carbocycles. The van der Waals surface area contributed by atoms with Gasteiger partial charge in [-0.25, -0.2) is 4.98 Å². The van der Waals surface area contributed by atoms with Crippen molar-refractivity contribution in [1.82, 2.24) is 29.9 Å². The molecule has 30 heavy (non-hydrogen) atoms. The van der Waals surface area contributed by atoms with E-state index in [4.69, 9.17) is 4.98 Å². The zero-order chi connectivity index (χ0) is 21.1. The first-order chi connectivity index (χ1) is 14.5. The van der Waals surface area contributed by atoms with Crippen molar-refractivity contribution >= 4 is 22.7 Å². The number of pyridine rings is 2. The topological polar surface area (TPSA) is 81.4 Å². The van der Waals surface area contributed by atoms with Crippen LogP contribution in [0, 0.1) is 5.92 Å². The molecule has 4 aromatic rings. The summed E-state index contributed by atoms with van der Waals surface area (Å²) in [6.45, 7) is 9.63. The van der Waals surface area contributed by atoms with Crippen LogP contribution in [0.25, 0.3) is 22.2 Å². The van der Waals surface area contributed by atoms with E-state index in [-0.39, 0.29) is 0 Å². The van der Waals surface area contributed by atoms with Gasteiger partial charge < -0.3 is 5.32 Å². The number of anilines is 2. The average Bonchev–Trinajstić information content (AvgIpc) is 3.21. The van der Waals surface area contributed by atoms with Crippen molar-refractivity contribution in [3.63, 3.8) is 0 Å². The molecule has 0 bridgehead atoms. The molecule has 0 fully saturated rings. The predicted octanol–water partition coefficient (Wildman–Crippen LogP) is 5.20. The summed E-state index contributed by atoms with van der Waals surface area (Å²) >= 11 is 0. The maximum absolute atomic E-state index is 4.73. The molecule has 7 nitrogen and oxygen atoms in total. The maximum atomic E-state index is 4.73. The Balaban J connectivity index is 1.58. The summed E-state index contributed by atoms with van der Waals surface area (Å²) in [6, 6.07) is 7.92. The summed E-state index contributed by atoms with van der Waals surface area (Å²) in [4.78, 5) is 9.30. The third kappa shape index (κ3) is 4.62. The third-order valence-corrected chi connectivity index (χ3v) is 5.04. The summed E-state index contributed by atoms with van der Waals surface area (Å²) in [6.07, 6.45) is 8.73. The molecule has 0 amide bonds. The van der Waals surface area contributed by atoms with E-state index < -0.39 is 0 Å². The molecule has 4 aromatic heterocycles. The Hall–Kier alpha value is -3.35. The fourth-order valence-electron chi connectivity index (χ4n) is 3.15. The minimum absolute atomic E-state index is 0.388. The molecule has 0 aromatic carbocycles. The van der Waals surface area contributed by atoms with Crippen molar-refractivity contribution in [1.29, 1.82) is 0 Å². The van der Waals surface area contributed by atoms with Crippen molar-refractivity contribution in [2.75, 3.05) is 5.32 Å². The van der Waals surface area contributed by atoms with Crippen LogP contribution in [-0.4, -0.2) is 29.9 Å². The van der Waals surface area contributed by atoms with Gasteiger partial charge in [0.25, 0.3) is 0 Å². The van der Waals surface area contributed by atoms with Crippen LogP contribution in [0.15, 0.2) is 49.1 Å². The molecule has 0 saturated carbocycles. The van der Waals surface area contributed by atoms with Gasteiger partial charge in [-0.15, -0.1) is 5.10 Å². The van der Waals surface area contributed by atoms with E-state index in [1.807, 2.05) is 41.3 Å². The first-order valence-corrected chi connectivity index (χ1v) is 10.4. The maximum Gasteiger partial charge on any atom is 0.154 e. The Bertz CT molecular complexity index is 1150. The monoisotopic (exact) mass is 401 g/mol. The largest absolute Gasteiger partial charge is 0.323 e. The summed E-state index contributed by atoms with van der Waals surface area (Å²) in [5.41, 5.74) is 4.85. The van der Waals surface area contributed by atoms with Gasteiger partial charge in [0, 0.05) is 30.1 Å². The smallest absolute Gasteiger partial charge is 0.154 e. The van der Waals surface area contributed by atoms with Crippen LogP contribution in [-0.2, 0) is 6.54 Å². The standard InChI is InChI=1S/C23H27N7/c1-15(2)7-8-30-14-19(13-26-30)18-9-21-20(24-11-18)5-6-22(27-21)28-23-10-17(16(3)4)12-25-29-23/h5-6,9-16H,7-8H2,1-4H3,(H,27,28,29). The average molecular weight is 402 g/mol. The second-order valence-electron chi connectivity index (χ2n) is 8.29. The fraction of sp³-hybridized carbons (Fsp3) is 0.348. The van der Waals surface area contributed by atoms with Crippen molar-refractivity contribution in [3.8, 4) is 11.1 Å². The fourth-order valence-corrected chi connectivity index (χ4v) is 3.15. The molecule has 7 heteroatoms. The third-order valence-electron chi connectivity index (χ3n) is 5.04. The Morgan fingerprint density at radius 1 is 0.933 bits per heavy atom. The summed E-state index contributed by atoms with van der Waals surface area (Å²) in [7, 11) is 0. The van der Waals surface area contributed by atoms with Crippen LogP contribution in [0.3, 0.4) is 0 Å². The first-order valence-electron chi connectivity index (χ1n) is 10.4. The van der Waals surface area contributed by atoms with Gasteiger partial charge in [0.2, 0.25) is 0 Å². The van der Waals surface area contributed by atoms with E-state index in [9.17, 15) is 0 Å². The van der Waals surface area contributed by atoms with E-state index in [2.05, 4.69) is 59.5 Å². The van der Waals surface area contributed by atoms with E-state index in [0.717, 1.165) is 40.7 Å². The molecule has 0 saturated heterocycles. The molecule has 0 atom stereocenters. The van der Waals surface area contributed by atoms with Crippen LogP contribution < -0.4 is 5.32 Å². The Kier molecular flexibility index (Phi) is 5.70. The number of aromatic nitrogens is 6. The molecular formula is C23H27N7. The number of rotatable bonds is 7. The molecule has 4 rings (SSSR count). The lowest BCUT2D eigenvalue weighted by Crippen LogP contribution is -2.01. The Morgan fingerprint density at radius 3 is 2.60 bits per heavy atom. The van der Waals surface area contributed by atoms with Gasteiger partial charge in [-0.2, -0.15) is 10.2 Å². The highest BCUT2D eigenvalue weighted by atomic mass is 15.3. The molecule has 0 spiro atoms. The van der Waals surface area contributed by atoms with Gasteiger partial charge in [0.05, 0.1) is 23.4 Å². The highest BCUT2D eigenvalue weighted by Gasteiger charge is 2.08. The van der Waals surface area contributed by atoms with Crippen LogP contribution in [0.2, 0.25) is 0 Å². The molecule has 0 unspecified atom stereocenters. The SMILES string of the molecule is CC(C)CCn1cc(-c2cnc3ccc(Nc4cc(C(C)C)cnn4)nc3c2)cn1. The first kappa shape index (κ1) is 19.9. The van der Waals surface area contributed by atoms with E-state index in [1.54, 1.807) is 6.20 Å². The molecule has 0 aliphatic rings. The van der Waals surface area contributed by atoms with Gasteiger partial charge in [0.15, 0.2) is 5.82 Å². The van der Waals surface area contributed by atoms with Gasteiger partial charge in [0.1, 0.15) is 5.82 Å².